The molecule has 0 saturated heterocycles. The van der Waals surface area contributed by atoms with Gasteiger partial charge in [-0.25, -0.2) is 0 Å². The molecule has 256 valence electrons. The van der Waals surface area contributed by atoms with Crippen molar-refractivity contribution in [3.8, 4) is 44.5 Å². The molecule has 0 atom stereocenters. The Labute approximate surface area is 333 Å². The second-order valence-electron chi connectivity index (χ2n) is 13.7. The van der Waals surface area contributed by atoms with Gasteiger partial charge < -0.3 is 0 Å². The maximum absolute atomic E-state index is 2.33. The Bertz CT molecular complexity index is 2240. The first-order chi connectivity index (χ1) is 24.7. The number of rotatable bonds is 4. The molecule has 0 aliphatic heterocycles. The van der Waals surface area contributed by atoms with Crippen molar-refractivity contribution in [2.24, 2.45) is 0 Å². The van der Waals surface area contributed by atoms with Crippen LogP contribution in [0.5, 0.6) is 0 Å². The van der Waals surface area contributed by atoms with Crippen molar-refractivity contribution >= 4 is 31.1 Å². The summed E-state index contributed by atoms with van der Waals surface area (Å²) in [5, 5.41) is 5.29. The normalized spacial score (nSPS) is 10.6. The zero-order valence-electron chi connectivity index (χ0n) is 31.9. The Morgan fingerprint density at radius 1 is 0.385 bits per heavy atom. The maximum Gasteiger partial charge on any atom is 2.00 e. The number of hydrogen-bond donors (Lipinski definition) is 0. The molecule has 0 aliphatic rings. The van der Waals surface area contributed by atoms with Gasteiger partial charge in [-0.15, -0.1) is 69.1 Å². The van der Waals surface area contributed by atoms with E-state index >= 15 is 0 Å². The van der Waals surface area contributed by atoms with E-state index in [1.165, 1.54) is 99.4 Å². The van der Waals surface area contributed by atoms with E-state index < -0.39 is 0 Å². The molecule has 0 aliphatic carbocycles. The molecule has 0 saturated carbocycles. The number of fused-ring (bicyclic) bond motifs is 2. The van der Waals surface area contributed by atoms with E-state index in [1.807, 2.05) is 0 Å². The Morgan fingerprint density at radius 3 is 1.12 bits per heavy atom. The third-order valence-corrected chi connectivity index (χ3v) is 10.4. The molecule has 0 bridgehead atoms. The van der Waals surface area contributed by atoms with Gasteiger partial charge in [0, 0.05) is 9.52 Å². The van der Waals surface area contributed by atoms with E-state index in [2.05, 4.69) is 200 Å². The van der Waals surface area contributed by atoms with Crippen molar-refractivity contribution in [2.45, 2.75) is 54.6 Å². The number of aryl methyl sites for hydroxylation is 2. The van der Waals surface area contributed by atoms with Gasteiger partial charge in [0.2, 0.25) is 0 Å². The molecule has 0 N–H and O–H groups in total. The van der Waals surface area contributed by atoms with E-state index in [0.29, 0.717) is 0 Å². The topological polar surface area (TPSA) is 0 Å². The first kappa shape index (κ1) is 38.9. The van der Waals surface area contributed by atoms with Crippen LogP contribution in [0.1, 0.15) is 33.4 Å². The van der Waals surface area contributed by atoms with Gasteiger partial charge in [-0.05, 0) is 86.1 Å². The van der Waals surface area contributed by atoms with Crippen molar-refractivity contribution < 1.29 is 26.2 Å². The monoisotopic (exact) mass is 766 g/mol. The first-order valence-corrected chi connectivity index (χ1v) is 19.9. The molecule has 0 heterocycles. The van der Waals surface area contributed by atoms with Gasteiger partial charge >= 0.3 is 26.2 Å². The summed E-state index contributed by atoms with van der Waals surface area (Å²) in [5.41, 5.74) is 18.7. The SMILES string of the molecule is C[Si]C.Cc1ccc(-c2cccc3[cH-]c(-c4ccccc4)cc23)c(C)c1C.Cc1ccc(-c2cccc3[cH-]c(-c4ccccc4)cc23)c(C)c1C.[Zr+2]. The molecule has 0 unspecified atom stereocenters. The van der Waals surface area contributed by atoms with E-state index in [1.54, 1.807) is 0 Å². The van der Waals surface area contributed by atoms with Crippen molar-refractivity contribution in [1.29, 1.82) is 0 Å². The second kappa shape index (κ2) is 17.4. The van der Waals surface area contributed by atoms with Crippen LogP contribution in [0.2, 0.25) is 13.1 Å². The summed E-state index contributed by atoms with van der Waals surface area (Å²) >= 11 is 0. The predicted molar refractivity (Wildman–Crippen MR) is 227 cm³/mol. The fraction of sp³-hybridized carbons (Fsp3) is 0.160. The average Bonchev–Trinajstić information content (AvgIpc) is 3.80. The van der Waals surface area contributed by atoms with E-state index in [-0.39, 0.29) is 26.2 Å². The fourth-order valence-electron chi connectivity index (χ4n) is 7.03. The summed E-state index contributed by atoms with van der Waals surface area (Å²) in [6, 6.07) is 52.7. The van der Waals surface area contributed by atoms with Gasteiger partial charge in [0.25, 0.3) is 0 Å². The molecular formula is C50H48SiZr. The van der Waals surface area contributed by atoms with Gasteiger partial charge in [0.05, 0.1) is 0 Å². The average molecular weight is 768 g/mol. The fourth-order valence-corrected chi connectivity index (χ4v) is 7.03. The minimum atomic E-state index is 0. The van der Waals surface area contributed by atoms with Crippen molar-refractivity contribution in [3.05, 3.63) is 179 Å². The molecule has 52 heavy (non-hydrogen) atoms. The van der Waals surface area contributed by atoms with Crippen LogP contribution in [0, 0.1) is 41.5 Å². The summed E-state index contributed by atoms with van der Waals surface area (Å²) in [6.07, 6.45) is 0. The molecule has 0 spiro atoms. The molecule has 8 aromatic rings. The third-order valence-electron chi connectivity index (χ3n) is 10.4. The molecule has 0 nitrogen and oxygen atoms in total. The molecular weight excluding hydrogens is 720 g/mol. The maximum atomic E-state index is 2.33. The summed E-state index contributed by atoms with van der Waals surface area (Å²) in [5.74, 6) is 0. The second-order valence-corrected chi connectivity index (χ2v) is 14.7. The predicted octanol–water partition coefficient (Wildman–Crippen LogP) is 14.4. The van der Waals surface area contributed by atoms with Crippen LogP contribution in [0.4, 0.5) is 0 Å². The number of benzene rings is 6. The van der Waals surface area contributed by atoms with Crippen LogP contribution in [-0.2, 0) is 26.2 Å². The van der Waals surface area contributed by atoms with E-state index in [9.17, 15) is 0 Å². The van der Waals surface area contributed by atoms with E-state index in [0.717, 1.165) is 9.52 Å². The quantitative estimate of drug-likeness (QED) is 0.124. The largest absolute Gasteiger partial charge is 2.00 e. The van der Waals surface area contributed by atoms with Crippen LogP contribution in [0.25, 0.3) is 66.1 Å². The standard InChI is InChI=1S/2C24H21.C2H6Si.Zr/c2*1-16-12-13-22(18(3)17(16)2)23-11-7-10-20-14-21(15-24(20)23)19-8-5-4-6-9-19;1-3-2;/h2*4-15H,1-3H3;1-2H3;/q2*-1;;+2. The summed E-state index contributed by atoms with van der Waals surface area (Å²) in [6.45, 7) is 17.6. The van der Waals surface area contributed by atoms with Gasteiger partial charge in [0.15, 0.2) is 0 Å². The van der Waals surface area contributed by atoms with Crippen molar-refractivity contribution in [3.63, 3.8) is 0 Å². The van der Waals surface area contributed by atoms with Crippen molar-refractivity contribution in [1.82, 2.24) is 0 Å². The molecule has 2 heteroatoms. The molecule has 2 radical (unpaired) electrons. The molecule has 8 rings (SSSR count). The van der Waals surface area contributed by atoms with Gasteiger partial charge in [-0.3, -0.25) is 0 Å². The Kier molecular flexibility index (Phi) is 13.0. The Morgan fingerprint density at radius 2 is 0.750 bits per heavy atom. The molecule has 8 aromatic carbocycles. The minimum absolute atomic E-state index is 0. The van der Waals surface area contributed by atoms with Gasteiger partial charge in [-0.1, -0.05) is 145 Å². The Balaban J connectivity index is 0.000000184. The van der Waals surface area contributed by atoms with Crippen LogP contribution in [0.15, 0.2) is 146 Å². The molecule has 0 amide bonds. The molecule has 0 aromatic heterocycles. The molecule has 0 fully saturated rings. The minimum Gasteiger partial charge on any atom is -0.144 e. The summed E-state index contributed by atoms with van der Waals surface area (Å²) in [4.78, 5) is 0. The Hall–Kier alpha value is -4.36. The van der Waals surface area contributed by atoms with Crippen LogP contribution >= 0.6 is 0 Å². The third kappa shape index (κ3) is 8.15. The smallest absolute Gasteiger partial charge is 0.144 e. The van der Waals surface area contributed by atoms with Gasteiger partial charge in [-0.2, -0.15) is 0 Å². The van der Waals surface area contributed by atoms with Crippen LogP contribution in [-0.4, -0.2) is 9.52 Å². The van der Waals surface area contributed by atoms with Gasteiger partial charge in [0.1, 0.15) is 0 Å². The zero-order chi connectivity index (χ0) is 36.1. The first-order valence-electron chi connectivity index (χ1n) is 17.9. The number of hydrogen-bond acceptors (Lipinski definition) is 0. The summed E-state index contributed by atoms with van der Waals surface area (Å²) in [7, 11) is 1.08. The van der Waals surface area contributed by atoms with E-state index in [4.69, 9.17) is 0 Å². The van der Waals surface area contributed by atoms with Crippen LogP contribution < -0.4 is 0 Å². The van der Waals surface area contributed by atoms with Crippen LogP contribution in [0.3, 0.4) is 0 Å². The summed E-state index contributed by atoms with van der Waals surface area (Å²) < 4.78 is 0. The van der Waals surface area contributed by atoms with Crippen molar-refractivity contribution in [2.75, 3.05) is 0 Å². The zero-order valence-corrected chi connectivity index (χ0v) is 35.3.